The number of hydrogen-bond donors (Lipinski definition) is 4. The number of carbonyl (C=O) groups excluding carboxylic acids is 3. The number of aliphatic hydroxyl groups excluding tert-OH is 3. The maximum atomic E-state index is 12.3. The molecule has 198 valence electrons. The molecule has 9 atom stereocenters. The molecule has 2 aliphatic heterocycles. The van der Waals surface area contributed by atoms with Gasteiger partial charge in [0, 0.05) is 19.8 Å². The van der Waals surface area contributed by atoms with Crippen LogP contribution in [0.2, 0.25) is 0 Å². The van der Waals surface area contributed by atoms with Gasteiger partial charge in [-0.3, -0.25) is 14.4 Å². The van der Waals surface area contributed by atoms with Gasteiger partial charge in [0.2, 0.25) is 6.29 Å². The third-order valence-corrected chi connectivity index (χ3v) is 5.60. The Morgan fingerprint density at radius 2 is 1.69 bits per heavy atom. The van der Waals surface area contributed by atoms with Gasteiger partial charge in [0.1, 0.15) is 37.1 Å². The molecule has 0 saturated carbocycles. The lowest BCUT2D eigenvalue weighted by Crippen LogP contribution is -2.61. The Morgan fingerprint density at radius 3 is 2.23 bits per heavy atom. The van der Waals surface area contributed by atoms with E-state index >= 15 is 0 Å². The van der Waals surface area contributed by atoms with Gasteiger partial charge in [-0.25, -0.2) is 4.79 Å². The van der Waals surface area contributed by atoms with Gasteiger partial charge >= 0.3 is 23.9 Å². The Labute approximate surface area is 200 Å². The highest BCUT2D eigenvalue weighted by molar-refractivity contribution is 5.89. The molecule has 0 aliphatic carbocycles. The maximum Gasteiger partial charge on any atom is 0.337 e. The first-order valence-electron chi connectivity index (χ1n) is 10.7. The predicted octanol–water partition coefficient (Wildman–Crippen LogP) is -1.55. The van der Waals surface area contributed by atoms with Crippen molar-refractivity contribution < 1.29 is 68.0 Å². The number of ether oxygens (including phenoxy) is 6. The molecule has 1 saturated heterocycles. The molecule has 2 aliphatic rings. The van der Waals surface area contributed by atoms with Gasteiger partial charge in [-0.05, 0) is 6.92 Å². The Hall–Kier alpha value is -2.78. The minimum Gasteiger partial charge on any atom is -0.481 e. The van der Waals surface area contributed by atoms with E-state index in [2.05, 4.69) is 0 Å². The van der Waals surface area contributed by atoms with Crippen LogP contribution in [0.15, 0.2) is 11.8 Å². The predicted molar refractivity (Wildman–Crippen MR) is 110 cm³/mol. The fraction of sp³-hybridized carbons (Fsp3) is 0.714. The zero-order valence-corrected chi connectivity index (χ0v) is 19.6. The fourth-order valence-corrected chi connectivity index (χ4v) is 3.98. The zero-order valence-electron chi connectivity index (χ0n) is 19.6. The summed E-state index contributed by atoms with van der Waals surface area (Å²) in [6.07, 6.45) is -10.3. The van der Waals surface area contributed by atoms with Crippen LogP contribution in [0.5, 0.6) is 0 Å². The van der Waals surface area contributed by atoms with E-state index in [1.807, 2.05) is 0 Å². The minimum absolute atomic E-state index is 0.146. The van der Waals surface area contributed by atoms with E-state index in [4.69, 9.17) is 28.4 Å². The van der Waals surface area contributed by atoms with Crippen molar-refractivity contribution in [1.29, 1.82) is 0 Å². The number of carboxylic acids is 1. The molecular formula is C21H30O14. The van der Waals surface area contributed by atoms with Crippen molar-refractivity contribution in [2.24, 2.45) is 11.8 Å². The molecule has 2 rings (SSSR count). The lowest BCUT2D eigenvalue weighted by atomic mass is 9.78. The summed E-state index contributed by atoms with van der Waals surface area (Å²) in [4.78, 5) is 46.6. The minimum atomic E-state index is -1.80. The molecule has 4 N–H and O–H groups in total. The Morgan fingerprint density at radius 1 is 1.03 bits per heavy atom. The lowest BCUT2D eigenvalue weighted by Gasteiger charge is -2.44. The van der Waals surface area contributed by atoms with E-state index in [0.717, 1.165) is 27.2 Å². The standard InChI is InChI=1S/C21H30O14/c1-8(33-10(3)23)15-11(5-14(24)25)12(19(29)30-4)6-32-20(15)35-21-18(28)17(27)16(26)13(34-21)7-31-9(2)22/h6,8,11,13,15-18,20-21,26-28H,5,7H2,1-4H3,(H,24,25)/t8-,11+,13+,15?,16+,17-,18+,20?,21-/m0/s1. The summed E-state index contributed by atoms with van der Waals surface area (Å²) in [7, 11) is 1.09. The topological polar surface area (TPSA) is 205 Å². The Balaban J connectivity index is 2.37. The molecule has 0 aromatic carbocycles. The van der Waals surface area contributed by atoms with Gasteiger partial charge in [-0.2, -0.15) is 0 Å². The summed E-state index contributed by atoms with van der Waals surface area (Å²) < 4.78 is 31.4. The van der Waals surface area contributed by atoms with Crippen LogP contribution in [0.1, 0.15) is 27.2 Å². The molecular weight excluding hydrogens is 476 g/mol. The van der Waals surface area contributed by atoms with Crippen LogP contribution in [-0.2, 0) is 47.6 Å². The molecule has 0 radical (unpaired) electrons. The monoisotopic (exact) mass is 506 g/mol. The third-order valence-electron chi connectivity index (χ3n) is 5.60. The maximum absolute atomic E-state index is 12.3. The molecule has 0 aromatic rings. The van der Waals surface area contributed by atoms with Gasteiger partial charge in [0.15, 0.2) is 6.29 Å². The van der Waals surface area contributed by atoms with Crippen molar-refractivity contribution in [2.45, 2.75) is 70.3 Å². The number of rotatable bonds is 9. The quantitative estimate of drug-likeness (QED) is 0.206. The van der Waals surface area contributed by atoms with Crippen molar-refractivity contribution in [1.82, 2.24) is 0 Å². The lowest BCUT2D eigenvalue weighted by molar-refractivity contribution is -0.345. The van der Waals surface area contributed by atoms with Crippen molar-refractivity contribution in [3.8, 4) is 0 Å². The first-order chi connectivity index (χ1) is 16.4. The molecule has 14 heteroatoms. The first kappa shape index (κ1) is 28.5. The summed E-state index contributed by atoms with van der Waals surface area (Å²) in [6, 6.07) is 0. The zero-order chi connectivity index (χ0) is 26.4. The van der Waals surface area contributed by atoms with E-state index in [9.17, 15) is 39.6 Å². The number of carbonyl (C=O) groups is 4. The second-order valence-corrected chi connectivity index (χ2v) is 8.12. The molecule has 1 fully saturated rings. The van der Waals surface area contributed by atoms with Crippen molar-refractivity contribution >= 4 is 23.9 Å². The Kier molecular flexibility index (Phi) is 9.97. The summed E-state index contributed by atoms with van der Waals surface area (Å²) in [5, 5.41) is 40.2. The van der Waals surface area contributed by atoms with E-state index in [1.54, 1.807) is 0 Å². The highest BCUT2D eigenvalue weighted by Crippen LogP contribution is 2.39. The SMILES string of the molecule is COC(=O)C1=COC(O[C@@H]2O[C@H](COC(C)=O)[C@@H](O)[C@H](O)[C@H]2O)C([C@H](C)OC(C)=O)[C@@H]1CC(=O)O. The van der Waals surface area contributed by atoms with Crippen molar-refractivity contribution in [2.75, 3.05) is 13.7 Å². The number of hydrogen-bond acceptors (Lipinski definition) is 13. The second-order valence-electron chi connectivity index (χ2n) is 8.12. The van der Waals surface area contributed by atoms with E-state index in [1.165, 1.54) is 6.92 Å². The van der Waals surface area contributed by atoms with Crippen LogP contribution in [0.3, 0.4) is 0 Å². The van der Waals surface area contributed by atoms with Gasteiger partial charge in [-0.15, -0.1) is 0 Å². The largest absolute Gasteiger partial charge is 0.481 e. The molecule has 2 heterocycles. The molecule has 14 nitrogen and oxygen atoms in total. The molecule has 35 heavy (non-hydrogen) atoms. The van der Waals surface area contributed by atoms with Gasteiger partial charge in [0.05, 0.1) is 31.3 Å². The number of esters is 3. The fourth-order valence-electron chi connectivity index (χ4n) is 3.98. The summed E-state index contributed by atoms with van der Waals surface area (Å²) in [5.41, 5.74) is -0.146. The number of methoxy groups -OCH3 is 1. The highest BCUT2D eigenvalue weighted by atomic mass is 16.8. The molecule has 2 unspecified atom stereocenters. The number of aliphatic hydroxyl groups is 3. The van der Waals surface area contributed by atoms with E-state index < -0.39 is 91.8 Å². The summed E-state index contributed by atoms with van der Waals surface area (Å²) in [6.45, 7) is 3.22. The Bertz CT molecular complexity index is 825. The van der Waals surface area contributed by atoms with Crippen LogP contribution in [0, 0.1) is 11.8 Å². The molecule has 0 spiro atoms. The molecule has 0 bridgehead atoms. The van der Waals surface area contributed by atoms with Gasteiger partial charge in [-0.1, -0.05) is 0 Å². The summed E-state index contributed by atoms with van der Waals surface area (Å²) in [5.74, 6) is -5.75. The average Bonchev–Trinajstić information content (AvgIpc) is 2.77. The van der Waals surface area contributed by atoms with Crippen LogP contribution in [-0.4, -0.2) is 101 Å². The van der Waals surface area contributed by atoms with Crippen molar-refractivity contribution in [3.63, 3.8) is 0 Å². The highest BCUT2D eigenvalue weighted by Gasteiger charge is 2.50. The van der Waals surface area contributed by atoms with E-state index in [0.29, 0.717) is 0 Å². The van der Waals surface area contributed by atoms with Gasteiger partial charge in [0.25, 0.3) is 0 Å². The van der Waals surface area contributed by atoms with Crippen LogP contribution in [0.25, 0.3) is 0 Å². The molecule has 0 aromatic heterocycles. The smallest absolute Gasteiger partial charge is 0.337 e. The number of carboxylic acid groups (broad SMARTS) is 1. The van der Waals surface area contributed by atoms with Crippen LogP contribution in [0.4, 0.5) is 0 Å². The average molecular weight is 506 g/mol. The van der Waals surface area contributed by atoms with Crippen molar-refractivity contribution in [3.05, 3.63) is 11.8 Å². The van der Waals surface area contributed by atoms with Gasteiger partial charge < -0.3 is 48.8 Å². The normalized spacial score (nSPS) is 33.5. The van der Waals surface area contributed by atoms with Crippen LogP contribution >= 0.6 is 0 Å². The second kappa shape index (κ2) is 12.3. The number of aliphatic carboxylic acids is 1. The van der Waals surface area contributed by atoms with Crippen LogP contribution < -0.4 is 0 Å². The summed E-state index contributed by atoms with van der Waals surface area (Å²) >= 11 is 0. The molecule has 0 amide bonds. The van der Waals surface area contributed by atoms with E-state index in [-0.39, 0.29) is 5.57 Å². The first-order valence-corrected chi connectivity index (χ1v) is 10.7. The third kappa shape index (κ3) is 7.11.